The van der Waals surface area contributed by atoms with E-state index < -0.39 is 21.7 Å². The van der Waals surface area contributed by atoms with Gasteiger partial charge in [-0.25, -0.2) is 12.8 Å². The van der Waals surface area contributed by atoms with E-state index in [1.807, 2.05) is 24.3 Å². The minimum atomic E-state index is -3.88. The molecule has 4 aromatic rings. The molecule has 8 heteroatoms. The molecule has 1 aromatic heterocycles. The fourth-order valence-electron chi connectivity index (χ4n) is 2.82. The maximum Gasteiger partial charge on any atom is 0.267 e. The Hall–Kier alpha value is -3.23. The number of thiophene rings is 1. The lowest BCUT2D eigenvalue weighted by molar-refractivity contribution is 0.103. The van der Waals surface area contributed by atoms with E-state index >= 15 is 0 Å². The average Bonchev–Trinajstić information content (AvgIpc) is 3.17. The van der Waals surface area contributed by atoms with Crippen molar-refractivity contribution in [2.45, 2.75) is 4.90 Å². The van der Waals surface area contributed by atoms with Crippen LogP contribution in [-0.2, 0) is 10.0 Å². The van der Waals surface area contributed by atoms with Crippen molar-refractivity contribution in [3.05, 3.63) is 88.9 Å². The number of hydrogen-bond donors (Lipinski definition) is 2. The summed E-state index contributed by atoms with van der Waals surface area (Å²) in [7, 11) is -3.88. The van der Waals surface area contributed by atoms with Gasteiger partial charge in [0.1, 0.15) is 10.7 Å². The molecule has 1 amide bonds. The molecule has 0 aliphatic rings. The lowest BCUT2D eigenvalue weighted by atomic mass is 10.1. The minimum Gasteiger partial charge on any atom is -0.321 e. The monoisotopic (exact) mass is 426 g/mol. The van der Waals surface area contributed by atoms with Crippen molar-refractivity contribution in [3.8, 4) is 0 Å². The zero-order chi connectivity index (χ0) is 20.4. The molecule has 0 spiro atoms. The normalized spacial score (nSPS) is 11.3. The molecule has 2 N–H and O–H groups in total. The number of amides is 1. The topological polar surface area (TPSA) is 75.3 Å². The fourth-order valence-corrected chi connectivity index (χ4v) is 4.74. The van der Waals surface area contributed by atoms with E-state index in [9.17, 15) is 17.6 Å². The zero-order valence-electron chi connectivity index (χ0n) is 14.9. The van der Waals surface area contributed by atoms with Gasteiger partial charge in [-0.1, -0.05) is 30.3 Å². The van der Waals surface area contributed by atoms with Gasteiger partial charge in [-0.3, -0.25) is 9.52 Å². The van der Waals surface area contributed by atoms with Gasteiger partial charge in [0, 0.05) is 5.69 Å². The molecule has 0 unspecified atom stereocenters. The Bertz CT molecular complexity index is 1300. The molecule has 0 bridgehead atoms. The standard InChI is InChI=1S/C21H15FN2O3S2/c22-16-6-8-17(9-7-16)23-21(25)20-19(11-12-28-20)24-29(26,27)18-10-5-14-3-1-2-4-15(14)13-18/h1-13,24H,(H,23,25). The van der Waals surface area contributed by atoms with Gasteiger partial charge in [-0.2, -0.15) is 0 Å². The third-order valence-electron chi connectivity index (χ3n) is 4.25. The van der Waals surface area contributed by atoms with Crippen LogP contribution in [0.3, 0.4) is 0 Å². The van der Waals surface area contributed by atoms with E-state index in [1.54, 1.807) is 17.5 Å². The Morgan fingerprint density at radius 3 is 2.38 bits per heavy atom. The van der Waals surface area contributed by atoms with Gasteiger partial charge in [0.15, 0.2) is 0 Å². The minimum absolute atomic E-state index is 0.104. The number of sulfonamides is 1. The average molecular weight is 426 g/mol. The SMILES string of the molecule is O=C(Nc1ccc(F)cc1)c1sccc1NS(=O)(=O)c1ccc2ccccc2c1. The third-order valence-corrected chi connectivity index (χ3v) is 6.53. The number of nitrogens with one attached hydrogen (secondary N) is 2. The van der Waals surface area contributed by atoms with Crippen LogP contribution in [0.1, 0.15) is 9.67 Å². The summed E-state index contributed by atoms with van der Waals surface area (Å²) in [4.78, 5) is 12.9. The third kappa shape index (κ3) is 4.13. The van der Waals surface area contributed by atoms with Crippen LogP contribution in [0.2, 0.25) is 0 Å². The first-order valence-electron chi connectivity index (χ1n) is 8.58. The summed E-state index contributed by atoms with van der Waals surface area (Å²) >= 11 is 1.11. The molecule has 146 valence electrons. The molecule has 3 aromatic carbocycles. The number of halogens is 1. The van der Waals surface area contributed by atoms with Crippen LogP contribution in [0.4, 0.5) is 15.8 Å². The Kier molecular flexibility index (Phi) is 5.04. The van der Waals surface area contributed by atoms with Crippen LogP contribution in [-0.4, -0.2) is 14.3 Å². The van der Waals surface area contributed by atoms with Crippen LogP contribution in [0.25, 0.3) is 10.8 Å². The highest BCUT2D eigenvalue weighted by Crippen LogP contribution is 2.27. The quantitative estimate of drug-likeness (QED) is 0.467. The summed E-state index contributed by atoms with van der Waals surface area (Å²) in [5, 5.41) is 5.99. The molecule has 0 fully saturated rings. The van der Waals surface area contributed by atoms with Gasteiger partial charge in [0.2, 0.25) is 0 Å². The van der Waals surface area contributed by atoms with Crippen LogP contribution in [0.15, 0.2) is 83.1 Å². The van der Waals surface area contributed by atoms with E-state index in [0.717, 1.165) is 22.1 Å². The van der Waals surface area contributed by atoms with Gasteiger partial charge in [-0.15, -0.1) is 11.3 Å². The summed E-state index contributed by atoms with van der Waals surface area (Å²) < 4.78 is 41.2. The lowest BCUT2D eigenvalue weighted by Gasteiger charge is -2.10. The van der Waals surface area contributed by atoms with Crippen LogP contribution < -0.4 is 10.0 Å². The first-order chi connectivity index (χ1) is 13.9. The molecule has 4 rings (SSSR count). The second kappa shape index (κ2) is 7.65. The molecule has 29 heavy (non-hydrogen) atoms. The molecular weight excluding hydrogens is 411 g/mol. The number of benzene rings is 3. The first kappa shape index (κ1) is 19.1. The maximum atomic E-state index is 13.0. The van der Waals surface area contributed by atoms with Crippen molar-refractivity contribution in [1.82, 2.24) is 0 Å². The number of carbonyl (C=O) groups excluding carboxylic acids is 1. The molecule has 0 saturated carbocycles. The zero-order valence-corrected chi connectivity index (χ0v) is 16.6. The van der Waals surface area contributed by atoms with E-state index in [4.69, 9.17) is 0 Å². The molecule has 0 radical (unpaired) electrons. The van der Waals surface area contributed by atoms with Crippen molar-refractivity contribution in [2.75, 3.05) is 10.0 Å². The predicted octanol–water partition coefficient (Wildman–Crippen LogP) is 5.09. The molecule has 0 saturated heterocycles. The van der Waals surface area contributed by atoms with E-state index in [2.05, 4.69) is 10.0 Å². The van der Waals surface area contributed by atoms with Crippen LogP contribution in [0.5, 0.6) is 0 Å². The highest BCUT2D eigenvalue weighted by atomic mass is 32.2. The second-order valence-electron chi connectivity index (χ2n) is 6.24. The van der Waals surface area contributed by atoms with Gasteiger partial charge < -0.3 is 5.32 Å². The summed E-state index contributed by atoms with van der Waals surface area (Å²) in [6.45, 7) is 0. The predicted molar refractivity (Wildman–Crippen MR) is 113 cm³/mol. The maximum absolute atomic E-state index is 13.0. The Morgan fingerprint density at radius 1 is 0.897 bits per heavy atom. The Morgan fingerprint density at radius 2 is 1.62 bits per heavy atom. The molecule has 0 aliphatic carbocycles. The van der Waals surface area contributed by atoms with E-state index in [-0.39, 0.29) is 15.5 Å². The second-order valence-corrected chi connectivity index (χ2v) is 8.84. The molecular formula is C21H15FN2O3S2. The van der Waals surface area contributed by atoms with Crippen molar-refractivity contribution in [2.24, 2.45) is 0 Å². The lowest BCUT2D eigenvalue weighted by Crippen LogP contribution is -2.17. The first-order valence-corrected chi connectivity index (χ1v) is 10.9. The highest BCUT2D eigenvalue weighted by molar-refractivity contribution is 7.92. The molecule has 0 atom stereocenters. The number of carbonyl (C=O) groups is 1. The summed E-state index contributed by atoms with van der Waals surface area (Å²) in [5.41, 5.74) is 0.593. The van der Waals surface area contributed by atoms with Gasteiger partial charge in [-0.05, 0) is 58.6 Å². The van der Waals surface area contributed by atoms with E-state index in [0.29, 0.717) is 5.69 Å². The number of fused-ring (bicyclic) bond motifs is 1. The summed E-state index contributed by atoms with van der Waals surface area (Å²) in [5.74, 6) is -0.897. The van der Waals surface area contributed by atoms with Crippen molar-refractivity contribution in [1.29, 1.82) is 0 Å². The van der Waals surface area contributed by atoms with Gasteiger partial charge in [0.05, 0.1) is 10.6 Å². The van der Waals surface area contributed by atoms with Crippen molar-refractivity contribution in [3.63, 3.8) is 0 Å². The molecule has 1 heterocycles. The van der Waals surface area contributed by atoms with Crippen LogP contribution in [0, 0.1) is 5.82 Å². The summed E-state index contributed by atoms with van der Waals surface area (Å²) in [6.07, 6.45) is 0. The largest absolute Gasteiger partial charge is 0.321 e. The summed E-state index contributed by atoms with van der Waals surface area (Å²) in [6, 6.07) is 19.1. The molecule has 5 nitrogen and oxygen atoms in total. The Balaban J connectivity index is 1.58. The highest BCUT2D eigenvalue weighted by Gasteiger charge is 2.20. The van der Waals surface area contributed by atoms with Gasteiger partial charge >= 0.3 is 0 Å². The van der Waals surface area contributed by atoms with Gasteiger partial charge in [0.25, 0.3) is 15.9 Å². The molecule has 0 aliphatic heterocycles. The number of hydrogen-bond acceptors (Lipinski definition) is 4. The van der Waals surface area contributed by atoms with Crippen LogP contribution >= 0.6 is 11.3 Å². The number of rotatable bonds is 5. The smallest absolute Gasteiger partial charge is 0.267 e. The Labute approximate surface area is 170 Å². The number of anilines is 2. The van der Waals surface area contributed by atoms with Crippen molar-refractivity contribution < 1.29 is 17.6 Å². The fraction of sp³-hybridized carbons (Fsp3) is 0. The van der Waals surface area contributed by atoms with Crippen molar-refractivity contribution >= 4 is 49.4 Å². The van der Waals surface area contributed by atoms with E-state index in [1.165, 1.54) is 36.4 Å².